The van der Waals surface area contributed by atoms with E-state index in [-0.39, 0.29) is 46.2 Å². The minimum Gasteiger partial charge on any atom is -0.388 e. The molecule has 1 aromatic carbocycles. The standard InChI is InChI=1S/C22H24Cl2FN7O3/c23-11-5-13(24)18(14(25)6-11)30-22-29-15-7-27-21(28-16-8-35-9-17(16)33)31-20(15)32(22)12-3-1-10(2-4-12)19(26)34/h5-7,10,12,16-17,33H,1-4,8-9H2,(H2,26,34)(H,29,30)(H,27,28,31)/t10?,12?,16-,17+/m0/s1. The minimum absolute atomic E-state index is 0.0379. The van der Waals surface area contributed by atoms with Crippen molar-refractivity contribution >= 4 is 57.9 Å². The van der Waals surface area contributed by atoms with Gasteiger partial charge < -0.3 is 26.2 Å². The third-order valence-corrected chi connectivity index (χ3v) is 7.02. The molecule has 13 heteroatoms. The number of hydrogen-bond donors (Lipinski definition) is 4. The van der Waals surface area contributed by atoms with Crippen LogP contribution in [0.5, 0.6) is 0 Å². The highest BCUT2D eigenvalue weighted by atomic mass is 35.5. The Kier molecular flexibility index (Phi) is 6.67. The lowest BCUT2D eigenvalue weighted by molar-refractivity contribution is -0.122. The predicted molar refractivity (Wildman–Crippen MR) is 129 cm³/mol. The predicted octanol–water partition coefficient (Wildman–Crippen LogP) is 3.40. The first kappa shape index (κ1) is 24.0. The molecule has 186 valence electrons. The van der Waals surface area contributed by atoms with Crippen LogP contribution in [0.1, 0.15) is 31.7 Å². The number of ether oxygens (including phenoxy) is 1. The summed E-state index contributed by atoms with van der Waals surface area (Å²) in [6, 6.07) is 2.19. The van der Waals surface area contributed by atoms with Gasteiger partial charge >= 0.3 is 0 Å². The first-order valence-corrected chi connectivity index (χ1v) is 12.0. The number of anilines is 3. The highest BCUT2D eigenvalue weighted by Gasteiger charge is 2.30. The summed E-state index contributed by atoms with van der Waals surface area (Å²) in [7, 11) is 0. The maximum atomic E-state index is 14.7. The Morgan fingerprint density at radius 1 is 1.20 bits per heavy atom. The first-order chi connectivity index (χ1) is 16.8. The van der Waals surface area contributed by atoms with Crippen molar-refractivity contribution in [3.63, 3.8) is 0 Å². The van der Waals surface area contributed by atoms with Gasteiger partial charge in [-0.15, -0.1) is 0 Å². The number of primary amides is 1. The van der Waals surface area contributed by atoms with E-state index in [1.54, 1.807) is 6.20 Å². The van der Waals surface area contributed by atoms with E-state index in [0.29, 0.717) is 55.4 Å². The minimum atomic E-state index is -0.671. The van der Waals surface area contributed by atoms with Crippen molar-refractivity contribution in [2.24, 2.45) is 11.7 Å². The zero-order valence-corrected chi connectivity index (χ0v) is 20.1. The molecule has 2 aromatic heterocycles. The van der Waals surface area contributed by atoms with Gasteiger partial charge in [0.05, 0.1) is 42.3 Å². The van der Waals surface area contributed by atoms with Crippen LogP contribution in [0, 0.1) is 11.7 Å². The topological polar surface area (TPSA) is 140 Å². The molecule has 3 aromatic rings. The first-order valence-electron chi connectivity index (χ1n) is 11.3. The van der Waals surface area contributed by atoms with Crippen molar-refractivity contribution in [2.45, 2.75) is 43.9 Å². The van der Waals surface area contributed by atoms with Gasteiger partial charge in [-0.1, -0.05) is 23.2 Å². The van der Waals surface area contributed by atoms with E-state index in [9.17, 15) is 14.3 Å². The third-order valence-electron chi connectivity index (χ3n) is 6.51. The Labute approximate surface area is 210 Å². The van der Waals surface area contributed by atoms with Crippen molar-refractivity contribution in [2.75, 3.05) is 23.8 Å². The number of rotatable bonds is 6. The normalized spacial score (nSPS) is 24.6. The van der Waals surface area contributed by atoms with Gasteiger partial charge in [-0.05, 0) is 37.8 Å². The Morgan fingerprint density at radius 2 is 1.97 bits per heavy atom. The van der Waals surface area contributed by atoms with Crippen LogP contribution in [0.3, 0.4) is 0 Å². The summed E-state index contributed by atoms with van der Waals surface area (Å²) in [5.41, 5.74) is 6.56. The Morgan fingerprint density at radius 3 is 2.63 bits per heavy atom. The SMILES string of the molecule is NC(=O)C1CCC(n2c(Nc3c(F)cc(Cl)cc3Cl)nc3cnc(N[C@H]4COC[C@H]4O)nc32)CC1. The largest absolute Gasteiger partial charge is 0.388 e. The van der Waals surface area contributed by atoms with Gasteiger partial charge in [0.1, 0.15) is 11.3 Å². The number of carbonyl (C=O) groups excluding carboxylic acids is 1. The number of nitrogens with two attached hydrogens (primary N) is 1. The van der Waals surface area contributed by atoms with Crippen LogP contribution in [0.25, 0.3) is 11.2 Å². The van der Waals surface area contributed by atoms with Gasteiger partial charge in [0.2, 0.25) is 17.8 Å². The molecule has 2 atom stereocenters. The van der Waals surface area contributed by atoms with E-state index in [1.807, 2.05) is 4.57 Å². The van der Waals surface area contributed by atoms with Gasteiger partial charge in [0, 0.05) is 17.0 Å². The second kappa shape index (κ2) is 9.73. The molecule has 1 saturated carbocycles. The molecule has 2 fully saturated rings. The van der Waals surface area contributed by atoms with E-state index in [2.05, 4.69) is 25.6 Å². The van der Waals surface area contributed by atoms with E-state index >= 15 is 0 Å². The average molecular weight is 524 g/mol. The molecule has 10 nitrogen and oxygen atoms in total. The number of hydrogen-bond acceptors (Lipinski definition) is 8. The number of amides is 1. The van der Waals surface area contributed by atoms with Crippen LogP contribution < -0.4 is 16.4 Å². The monoisotopic (exact) mass is 523 g/mol. The van der Waals surface area contributed by atoms with Crippen LogP contribution >= 0.6 is 23.2 Å². The molecular formula is C22H24Cl2FN7O3. The summed E-state index contributed by atoms with van der Waals surface area (Å²) < 4.78 is 21.9. The van der Waals surface area contributed by atoms with Crippen LogP contribution in [0.4, 0.5) is 22.0 Å². The lowest BCUT2D eigenvalue weighted by Crippen LogP contribution is -2.32. The molecule has 1 amide bonds. The summed E-state index contributed by atoms with van der Waals surface area (Å²) in [5.74, 6) is -0.473. The fraction of sp³-hybridized carbons (Fsp3) is 0.455. The van der Waals surface area contributed by atoms with Gasteiger partial charge in [-0.2, -0.15) is 4.98 Å². The van der Waals surface area contributed by atoms with E-state index in [1.165, 1.54) is 6.07 Å². The maximum absolute atomic E-state index is 14.7. The molecule has 0 spiro atoms. The molecule has 1 saturated heterocycles. The number of halogens is 3. The second-order valence-electron chi connectivity index (χ2n) is 8.84. The molecule has 0 radical (unpaired) electrons. The molecule has 3 heterocycles. The van der Waals surface area contributed by atoms with Gasteiger partial charge in [0.15, 0.2) is 5.65 Å². The molecule has 0 unspecified atom stereocenters. The second-order valence-corrected chi connectivity index (χ2v) is 9.68. The quantitative estimate of drug-likeness (QED) is 0.385. The fourth-order valence-corrected chi connectivity index (χ4v) is 5.15. The van der Waals surface area contributed by atoms with Crippen molar-refractivity contribution in [1.82, 2.24) is 19.5 Å². The number of aliphatic hydroxyl groups is 1. The number of imidazole rings is 1. The molecule has 1 aliphatic carbocycles. The molecule has 35 heavy (non-hydrogen) atoms. The van der Waals surface area contributed by atoms with Crippen LogP contribution in [0.15, 0.2) is 18.3 Å². The zero-order chi connectivity index (χ0) is 24.7. The van der Waals surface area contributed by atoms with Crippen LogP contribution in [-0.4, -0.2) is 55.9 Å². The number of aliphatic hydroxyl groups excluding tert-OH is 1. The average Bonchev–Trinajstić information content (AvgIpc) is 3.38. The number of aromatic nitrogens is 4. The summed E-state index contributed by atoms with van der Waals surface area (Å²) >= 11 is 12.2. The number of fused-ring (bicyclic) bond motifs is 1. The Balaban J connectivity index is 1.54. The Bertz CT molecular complexity index is 1240. The summed E-state index contributed by atoms with van der Waals surface area (Å²) in [4.78, 5) is 25.3. The zero-order valence-electron chi connectivity index (χ0n) is 18.5. The van der Waals surface area contributed by atoms with Crippen LogP contribution in [0.2, 0.25) is 10.0 Å². The van der Waals surface area contributed by atoms with Crippen molar-refractivity contribution < 1.29 is 19.0 Å². The summed E-state index contributed by atoms with van der Waals surface area (Å²) in [5, 5.41) is 16.5. The third kappa shape index (κ3) is 4.86. The molecule has 2 aliphatic rings. The maximum Gasteiger partial charge on any atom is 0.225 e. The summed E-state index contributed by atoms with van der Waals surface area (Å²) in [6.45, 7) is 0.572. The highest BCUT2D eigenvalue weighted by Crippen LogP contribution is 2.38. The van der Waals surface area contributed by atoms with Crippen LogP contribution in [-0.2, 0) is 9.53 Å². The lowest BCUT2D eigenvalue weighted by atomic mass is 9.85. The van der Waals surface area contributed by atoms with Crippen molar-refractivity contribution in [3.05, 3.63) is 34.2 Å². The molecule has 5 N–H and O–H groups in total. The molecular weight excluding hydrogens is 500 g/mol. The number of carbonyl (C=O) groups is 1. The molecule has 1 aliphatic heterocycles. The van der Waals surface area contributed by atoms with Gasteiger partial charge in [0.25, 0.3) is 0 Å². The van der Waals surface area contributed by atoms with Gasteiger partial charge in [-0.25, -0.2) is 14.4 Å². The van der Waals surface area contributed by atoms with E-state index in [4.69, 9.17) is 33.7 Å². The fourth-order valence-electron chi connectivity index (χ4n) is 4.63. The van der Waals surface area contributed by atoms with Gasteiger partial charge in [-0.3, -0.25) is 9.36 Å². The molecule has 0 bridgehead atoms. The lowest BCUT2D eigenvalue weighted by Gasteiger charge is -2.29. The number of benzene rings is 1. The van der Waals surface area contributed by atoms with Crippen molar-refractivity contribution in [3.8, 4) is 0 Å². The highest BCUT2D eigenvalue weighted by molar-refractivity contribution is 6.36. The van der Waals surface area contributed by atoms with E-state index < -0.39 is 11.9 Å². The molecule has 5 rings (SSSR count). The smallest absolute Gasteiger partial charge is 0.225 e. The number of nitrogens with zero attached hydrogens (tertiary/aromatic N) is 4. The van der Waals surface area contributed by atoms with E-state index in [0.717, 1.165) is 6.07 Å². The Hall–Kier alpha value is -2.73. The number of nitrogens with one attached hydrogen (secondary N) is 2. The summed E-state index contributed by atoms with van der Waals surface area (Å²) in [6.07, 6.45) is 3.45. The van der Waals surface area contributed by atoms with Crippen molar-refractivity contribution in [1.29, 1.82) is 0 Å².